The Balaban J connectivity index is 1.40. The third-order valence-corrected chi connectivity index (χ3v) is 5.97. The molecule has 0 atom stereocenters. The summed E-state index contributed by atoms with van der Waals surface area (Å²) in [6.45, 7) is 5.35. The zero-order valence-electron chi connectivity index (χ0n) is 20.8. The van der Waals surface area contributed by atoms with Crippen LogP contribution in [0.4, 0.5) is 14.6 Å². The maximum Gasteiger partial charge on any atom is 0.253 e. The molecule has 4 heterocycles. The van der Waals surface area contributed by atoms with Crippen LogP contribution in [0.15, 0.2) is 36.5 Å². The summed E-state index contributed by atoms with van der Waals surface area (Å²) in [6.07, 6.45) is 1.25. The van der Waals surface area contributed by atoms with Gasteiger partial charge in [0.15, 0.2) is 23.0 Å². The first kappa shape index (κ1) is 25.2. The Morgan fingerprint density at radius 3 is 2.63 bits per heavy atom. The second-order valence-electron chi connectivity index (χ2n) is 8.92. The summed E-state index contributed by atoms with van der Waals surface area (Å²) in [7, 11) is 0. The number of halogens is 2. The molecule has 38 heavy (non-hydrogen) atoms. The van der Waals surface area contributed by atoms with Crippen LogP contribution >= 0.6 is 0 Å². The number of aromatic nitrogens is 4. The van der Waals surface area contributed by atoms with Gasteiger partial charge in [-0.3, -0.25) is 14.6 Å². The highest BCUT2D eigenvalue weighted by atomic mass is 19.1. The van der Waals surface area contributed by atoms with Gasteiger partial charge in [-0.2, -0.15) is 5.10 Å². The summed E-state index contributed by atoms with van der Waals surface area (Å²) >= 11 is 0. The molecule has 0 radical (unpaired) electrons. The first-order valence-corrected chi connectivity index (χ1v) is 11.8. The van der Waals surface area contributed by atoms with Crippen molar-refractivity contribution in [2.75, 3.05) is 18.5 Å². The Bertz CT molecular complexity index is 1570. The van der Waals surface area contributed by atoms with Crippen LogP contribution in [0, 0.1) is 25.5 Å². The van der Waals surface area contributed by atoms with Gasteiger partial charge in [0.05, 0.1) is 36.4 Å². The van der Waals surface area contributed by atoms with E-state index in [1.54, 1.807) is 38.2 Å². The molecule has 0 aliphatic carbocycles. The first-order chi connectivity index (χ1) is 18.2. The highest BCUT2D eigenvalue weighted by molar-refractivity contribution is 5.96. The molecule has 1 aliphatic heterocycles. The minimum Gasteiger partial charge on any atom is -0.482 e. The molecule has 2 amide bonds. The molecule has 1 aromatic carbocycles. The standard InChI is InChI=1S/C26H24F2N6O4/c1-13-19(22-4-5-24-32-23(31-15(3)35)10-34(24)33-22)8-20(14(2)30-13)26(36)29-9-16-6-17(27)7-21(28)25(16)38-18-11-37-12-18/h4-8,10,18H,9,11-12H2,1-3H3,(H,29,36)(H,31,35). The molecule has 0 spiro atoms. The van der Waals surface area contributed by atoms with Gasteiger partial charge in [0.25, 0.3) is 5.91 Å². The van der Waals surface area contributed by atoms with Gasteiger partial charge >= 0.3 is 0 Å². The van der Waals surface area contributed by atoms with Crippen LogP contribution in [0.25, 0.3) is 16.9 Å². The molecular formula is C26H24F2N6O4. The molecule has 12 heteroatoms. The predicted octanol–water partition coefficient (Wildman–Crippen LogP) is 3.35. The smallest absolute Gasteiger partial charge is 0.253 e. The summed E-state index contributed by atoms with van der Waals surface area (Å²) < 4.78 is 40.6. The zero-order chi connectivity index (χ0) is 27.0. The van der Waals surface area contributed by atoms with Gasteiger partial charge in [0.2, 0.25) is 5.91 Å². The van der Waals surface area contributed by atoms with Gasteiger partial charge in [0.1, 0.15) is 11.9 Å². The van der Waals surface area contributed by atoms with Crippen molar-refractivity contribution < 1.29 is 27.8 Å². The van der Waals surface area contributed by atoms with Gasteiger partial charge in [-0.15, -0.1) is 0 Å². The lowest BCUT2D eigenvalue weighted by molar-refractivity contribution is -0.114. The number of anilines is 1. The molecule has 196 valence electrons. The van der Waals surface area contributed by atoms with Gasteiger partial charge in [0, 0.05) is 36.4 Å². The fourth-order valence-corrected chi connectivity index (χ4v) is 4.08. The van der Waals surface area contributed by atoms with E-state index in [2.05, 4.69) is 25.7 Å². The molecule has 0 saturated carbocycles. The number of rotatable bonds is 7. The van der Waals surface area contributed by atoms with E-state index in [9.17, 15) is 18.4 Å². The van der Waals surface area contributed by atoms with Crippen LogP contribution in [0.5, 0.6) is 5.75 Å². The van der Waals surface area contributed by atoms with Crippen LogP contribution in [-0.2, 0) is 16.1 Å². The average Bonchev–Trinajstić information content (AvgIpc) is 3.21. The number of imidazole rings is 1. The van der Waals surface area contributed by atoms with Gasteiger partial charge < -0.3 is 20.1 Å². The molecule has 5 rings (SSSR count). The van der Waals surface area contributed by atoms with Gasteiger partial charge in [-0.05, 0) is 38.1 Å². The number of benzene rings is 1. The molecule has 4 aromatic rings. The van der Waals surface area contributed by atoms with Crippen molar-refractivity contribution in [2.24, 2.45) is 0 Å². The fraction of sp³-hybridized carbons (Fsp3) is 0.269. The Hall–Kier alpha value is -4.45. The van der Waals surface area contributed by atoms with Crippen molar-refractivity contribution in [3.63, 3.8) is 0 Å². The van der Waals surface area contributed by atoms with E-state index in [4.69, 9.17) is 9.47 Å². The lowest BCUT2D eigenvalue weighted by Crippen LogP contribution is -2.39. The third kappa shape index (κ3) is 5.16. The zero-order valence-corrected chi connectivity index (χ0v) is 20.8. The van der Waals surface area contributed by atoms with Crippen LogP contribution in [0.2, 0.25) is 0 Å². The fourth-order valence-electron chi connectivity index (χ4n) is 4.08. The minimum absolute atomic E-state index is 0.115. The Morgan fingerprint density at radius 1 is 1.13 bits per heavy atom. The number of hydrogen-bond acceptors (Lipinski definition) is 7. The maximum absolute atomic E-state index is 14.4. The molecular weight excluding hydrogens is 498 g/mol. The van der Waals surface area contributed by atoms with Gasteiger partial charge in [-0.1, -0.05) is 0 Å². The summed E-state index contributed by atoms with van der Waals surface area (Å²) in [6, 6.07) is 7.01. The first-order valence-electron chi connectivity index (χ1n) is 11.8. The molecule has 0 bridgehead atoms. The second-order valence-corrected chi connectivity index (χ2v) is 8.92. The van der Waals surface area contributed by atoms with E-state index in [-0.39, 0.29) is 35.4 Å². The number of carbonyl (C=O) groups excluding carboxylic acids is 2. The summed E-state index contributed by atoms with van der Waals surface area (Å²) in [5.41, 5.74) is 3.26. The molecule has 0 unspecified atom stereocenters. The van der Waals surface area contributed by atoms with E-state index in [0.717, 1.165) is 12.1 Å². The minimum atomic E-state index is -0.848. The molecule has 1 saturated heterocycles. The van der Waals surface area contributed by atoms with Crippen molar-refractivity contribution >= 4 is 23.3 Å². The monoisotopic (exact) mass is 522 g/mol. The van der Waals surface area contributed by atoms with Gasteiger partial charge in [-0.25, -0.2) is 18.3 Å². The third-order valence-electron chi connectivity index (χ3n) is 5.97. The quantitative estimate of drug-likeness (QED) is 0.382. The second kappa shape index (κ2) is 10.1. The number of ether oxygens (including phenoxy) is 2. The van der Waals surface area contributed by atoms with E-state index in [1.807, 2.05) is 0 Å². The van der Waals surface area contributed by atoms with Crippen molar-refractivity contribution in [3.05, 3.63) is 70.7 Å². The maximum atomic E-state index is 14.4. The van der Waals surface area contributed by atoms with Crippen LogP contribution in [0.3, 0.4) is 0 Å². The average molecular weight is 523 g/mol. The summed E-state index contributed by atoms with van der Waals surface area (Å²) in [5.74, 6) is -2.10. The van der Waals surface area contributed by atoms with Crippen molar-refractivity contribution in [3.8, 4) is 17.0 Å². The van der Waals surface area contributed by atoms with Crippen molar-refractivity contribution in [1.82, 2.24) is 24.9 Å². The highest BCUT2D eigenvalue weighted by Gasteiger charge is 2.24. The summed E-state index contributed by atoms with van der Waals surface area (Å²) in [5, 5.41) is 9.87. The number of nitrogens with one attached hydrogen (secondary N) is 2. The predicted molar refractivity (Wildman–Crippen MR) is 133 cm³/mol. The van der Waals surface area contributed by atoms with Crippen molar-refractivity contribution in [2.45, 2.75) is 33.4 Å². The van der Waals surface area contributed by atoms with Crippen LogP contribution in [-0.4, -0.2) is 50.7 Å². The molecule has 3 aromatic heterocycles. The normalized spacial score (nSPS) is 13.3. The number of pyridine rings is 1. The number of aryl methyl sites for hydroxylation is 2. The van der Waals surface area contributed by atoms with E-state index >= 15 is 0 Å². The van der Waals surface area contributed by atoms with Crippen molar-refractivity contribution in [1.29, 1.82) is 0 Å². The number of amides is 2. The summed E-state index contributed by atoms with van der Waals surface area (Å²) in [4.78, 5) is 33.3. The number of carbonyl (C=O) groups is 2. The Kier molecular flexibility index (Phi) is 6.72. The van der Waals surface area contributed by atoms with E-state index in [0.29, 0.717) is 47.3 Å². The lowest BCUT2D eigenvalue weighted by Gasteiger charge is -2.28. The Morgan fingerprint density at radius 2 is 1.92 bits per heavy atom. The van der Waals surface area contributed by atoms with E-state index < -0.39 is 17.5 Å². The molecule has 1 aliphatic rings. The number of hydrogen-bond donors (Lipinski definition) is 2. The van der Waals surface area contributed by atoms with Crippen LogP contribution in [0.1, 0.15) is 34.2 Å². The lowest BCUT2D eigenvalue weighted by atomic mass is 10.0. The highest BCUT2D eigenvalue weighted by Crippen LogP contribution is 2.28. The molecule has 10 nitrogen and oxygen atoms in total. The molecule has 2 N–H and O–H groups in total. The number of nitrogens with zero attached hydrogens (tertiary/aromatic N) is 4. The molecule has 1 fully saturated rings. The number of fused-ring (bicyclic) bond motifs is 1. The van der Waals surface area contributed by atoms with E-state index in [1.165, 1.54) is 11.4 Å². The van der Waals surface area contributed by atoms with Crippen LogP contribution < -0.4 is 15.4 Å². The largest absolute Gasteiger partial charge is 0.482 e. The Labute approximate surface area is 216 Å². The SMILES string of the molecule is CC(=O)Nc1cn2nc(-c3cc(C(=O)NCc4cc(F)cc(F)c4OC4COC4)c(C)nc3C)ccc2n1. The topological polar surface area (TPSA) is 120 Å².